The van der Waals surface area contributed by atoms with E-state index in [1.807, 2.05) is 12.1 Å². The summed E-state index contributed by atoms with van der Waals surface area (Å²) in [6.07, 6.45) is 0. The predicted molar refractivity (Wildman–Crippen MR) is 217 cm³/mol. The van der Waals surface area contributed by atoms with Gasteiger partial charge in [-0.15, -0.1) is 0 Å². The molecule has 0 atom stereocenters. The third kappa shape index (κ3) is 4.21. The predicted octanol–water partition coefficient (Wildman–Crippen LogP) is 12.3. The molecule has 4 heteroatoms. The third-order valence-electron chi connectivity index (χ3n) is 10.5. The lowest BCUT2D eigenvalue weighted by molar-refractivity contribution is 1.17. The smallest absolute Gasteiger partial charge is 0.160 e. The van der Waals surface area contributed by atoms with Crippen molar-refractivity contribution in [3.05, 3.63) is 182 Å². The number of aromatic nitrogens is 4. The number of hydrogen-bond donors (Lipinski definition) is 0. The number of nitrogens with zero attached hydrogens (tertiary/aromatic N) is 4. The van der Waals surface area contributed by atoms with Crippen LogP contribution < -0.4 is 0 Å². The molecule has 11 aromatic rings. The first-order valence-electron chi connectivity index (χ1n) is 17.7. The summed E-state index contributed by atoms with van der Waals surface area (Å²) in [6, 6.07) is 64.8. The number of hydrogen-bond acceptors (Lipinski definition) is 2. The van der Waals surface area contributed by atoms with Gasteiger partial charge in [-0.25, -0.2) is 9.97 Å². The van der Waals surface area contributed by atoms with E-state index in [1.165, 1.54) is 43.4 Å². The van der Waals surface area contributed by atoms with Gasteiger partial charge in [0.1, 0.15) is 0 Å². The molecule has 0 saturated carbocycles. The second-order valence-electron chi connectivity index (χ2n) is 13.4. The maximum absolute atomic E-state index is 5.20. The SMILES string of the molecule is c1ccc(-c2nc(-c3cccc(-n4c5ccccc5c5c6c7ccc8ccccc8c7n(-c7ccccc7)c6ccc54)c3)nc3ccccc23)cc1. The van der Waals surface area contributed by atoms with Gasteiger partial charge < -0.3 is 9.13 Å². The number of fused-ring (bicyclic) bond motifs is 10. The van der Waals surface area contributed by atoms with Gasteiger partial charge in [-0.05, 0) is 53.9 Å². The van der Waals surface area contributed by atoms with Crippen LogP contribution in [0.1, 0.15) is 0 Å². The molecule has 0 N–H and O–H groups in total. The van der Waals surface area contributed by atoms with Crippen molar-refractivity contribution in [3.8, 4) is 34.0 Å². The Morgan fingerprint density at radius 2 is 1.00 bits per heavy atom. The molecular weight excluding hydrogens is 633 g/mol. The van der Waals surface area contributed by atoms with E-state index < -0.39 is 0 Å². The lowest BCUT2D eigenvalue weighted by Crippen LogP contribution is -1.98. The molecule has 52 heavy (non-hydrogen) atoms. The van der Waals surface area contributed by atoms with Crippen LogP contribution in [0.25, 0.3) is 99.3 Å². The maximum atomic E-state index is 5.20. The molecular formula is C48H30N4. The van der Waals surface area contributed by atoms with Crippen molar-refractivity contribution in [2.75, 3.05) is 0 Å². The summed E-state index contributed by atoms with van der Waals surface area (Å²) in [5.74, 6) is 0.709. The van der Waals surface area contributed by atoms with Crippen molar-refractivity contribution in [1.82, 2.24) is 19.1 Å². The lowest BCUT2D eigenvalue weighted by Gasteiger charge is -2.12. The highest BCUT2D eigenvalue weighted by Crippen LogP contribution is 2.44. The summed E-state index contributed by atoms with van der Waals surface area (Å²) in [6.45, 7) is 0. The summed E-state index contributed by atoms with van der Waals surface area (Å²) in [7, 11) is 0. The second-order valence-corrected chi connectivity index (χ2v) is 13.4. The van der Waals surface area contributed by atoms with Crippen LogP contribution in [0.3, 0.4) is 0 Å². The summed E-state index contributed by atoms with van der Waals surface area (Å²) < 4.78 is 4.85. The summed E-state index contributed by atoms with van der Waals surface area (Å²) in [5.41, 5.74) is 10.9. The van der Waals surface area contributed by atoms with Gasteiger partial charge >= 0.3 is 0 Å². The van der Waals surface area contributed by atoms with E-state index in [0.717, 1.165) is 50.1 Å². The first-order valence-corrected chi connectivity index (χ1v) is 17.7. The molecule has 3 heterocycles. The fourth-order valence-electron chi connectivity index (χ4n) is 8.26. The standard InChI is InChI=1S/C48H30N4/c1-3-15-32(16-4-1)46-37-22-9-11-24-40(37)49-48(50-46)33-17-13-20-35(30-33)51-41-25-12-10-23-38(41)44-42(51)28-29-43-45(44)39-27-26-31-14-7-8-21-36(31)47(39)52(43)34-18-5-2-6-19-34/h1-30H. The first kappa shape index (κ1) is 28.8. The molecule has 0 fully saturated rings. The molecule has 4 nitrogen and oxygen atoms in total. The van der Waals surface area contributed by atoms with Crippen LogP contribution in [0.4, 0.5) is 0 Å². The molecule has 3 aromatic heterocycles. The Labute approximate surface area is 299 Å². The zero-order valence-electron chi connectivity index (χ0n) is 28.1. The summed E-state index contributed by atoms with van der Waals surface area (Å²) in [4.78, 5) is 10.3. The van der Waals surface area contributed by atoms with Crippen LogP contribution in [-0.2, 0) is 0 Å². The van der Waals surface area contributed by atoms with Gasteiger partial charge in [-0.3, -0.25) is 0 Å². The van der Waals surface area contributed by atoms with Crippen LogP contribution in [-0.4, -0.2) is 19.1 Å². The van der Waals surface area contributed by atoms with Crippen molar-refractivity contribution >= 4 is 65.3 Å². The maximum Gasteiger partial charge on any atom is 0.160 e. The van der Waals surface area contributed by atoms with Gasteiger partial charge in [0.05, 0.1) is 33.3 Å². The van der Waals surface area contributed by atoms with Crippen LogP contribution >= 0.6 is 0 Å². The normalized spacial score (nSPS) is 11.8. The van der Waals surface area contributed by atoms with Crippen molar-refractivity contribution < 1.29 is 0 Å². The fraction of sp³-hybridized carbons (Fsp3) is 0. The van der Waals surface area contributed by atoms with Gasteiger partial charge in [-0.2, -0.15) is 0 Å². The molecule has 11 rings (SSSR count). The average Bonchev–Trinajstić information content (AvgIpc) is 3.74. The molecule has 0 aliphatic rings. The molecule has 0 aliphatic carbocycles. The highest BCUT2D eigenvalue weighted by molar-refractivity contribution is 6.31. The first-order chi connectivity index (χ1) is 25.8. The van der Waals surface area contributed by atoms with E-state index in [1.54, 1.807) is 0 Å². The summed E-state index contributed by atoms with van der Waals surface area (Å²) >= 11 is 0. The molecule has 0 spiro atoms. The number of para-hydroxylation sites is 3. The zero-order valence-corrected chi connectivity index (χ0v) is 28.1. The average molecular weight is 663 g/mol. The van der Waals surface area contributed by atoms with Crippen LogP contribution in [0, 0.1) is 0 Å². The fourth-order valence-corrected chi connectivity index (χ4v) is 8.26. The Morgan fingerprint density at radius 1 is 0.365 bits per heavy atom. The van der Waals surface area contributed by atoms with Gasteiger partial charge in [-0.1, -0.05) is 133 Å². The molecule has 0 bridgehead atoms. The topological polar surface area (TPSA) is 35.6 Å². The van der Waals surface area contributed by atoms with E-state index in [0.29, 0.717) is 5.82 Å². The molecule has 242 valence electrons. The highest BCUT2D eigenvalue weighted by Gasteiger charge is 2.22. The van der Waals surface area contributed by atoms with Gasteiger partial charge in [0, 0.05) is 54.8 Å². The minimum atomic E-state index is 0.709. The van der Waals surface area contributed by atoms with Crippen LogP contribution in [0.5, 0.6) is 0 Å². The second kappa shape index (κ2) is 11.2. The van der Waals surface area contributed by atoms with E-state index in [2.05, 4.69) is 179 Å². The van der Waals surface area contributed by atoms with E-state index in [-0.39, 0.29) is 0 Å². The lowest BCUT2D eigenvalue weighted by atomic mass is 10.0. The van der Waals surface area contributed by atoms with Crippen molar-refractivity contribution in [2.45, 2.75) is 0 Å². The van der Waals surface area contributed by atoms with Crippen molar-refractivity contribution in [1.29, 1.82) is 0 Å². The van der Waals surface area contributed by atoms with Crippen molar-refractivity contribution in [2.24, 2.45) is 0 Å². The number of rotatable bonds is 4. The molecule has 0 saturated heterocycles. The van der Waals surface area contributed by atoms with Gasteiger partial charge in [0.2, 0.25) is 0 Å². The number of benzene rings is 8. The van der Waals surface area contributed by atoms with Crippen LogP contribution in [0.15, 0.2) is 182 Å². The molecule has 8 aromatic carbocycles. The Kier molecular flexibility index (Phi) is 6.22. The van der Waals surface area contributed by atoms with Crippen molar-refractivity contribution in [3.63, 3.8) is 0 Å². The minimum absolute atomic E-state index is 0.709. The van der Waals surface area contributed by atoms with E-state index in [9.17, 15) is 0 Å². The molecule has 0 radical (unpaired) electrons. The van der Waals surface area contributed by atoms with Gasteiger partial charge in [0.15, 0.2) is 5.82 Å². The Bertz CT molecular complexity index is 3170. The zero-order chi connectivity index (χ0) is 34.2. The largest absolute Gasteiger partial charge is 0.309 e. The quantitative estimate of drug-likeness (QED) is 0.188. The van der Waals surface area contributed by atoms with Gasteiger partial charge in [0.25, 0.3) is 0 Å². The minimum Gasteiger partial charge on any atom is -0.309 e. The van der Waals surface area contributed by atoms with E-state index in [4.69, 9.17) is 9.97 Å². The Balaban J connectivity index is 1.20. The molecule has 0 aliphatic heterocycles. The monoisotopic (exact) mass is 662 g/mol. The molecule has 0 amide bonds. The summed E-state index contributed by atoms with van der Waals surface area (Å²) in [5, 5.41) is 8.51. The Hall–Kier alpha value is -7.04. The van der Waals surface area contributed by atoms with Crippen LogP contribution in [0.2, 0.25) is 0 Å². The third-order valence-corrected chi connectivity index (χ3v) is 10.5. The highest BCUT2D eigenvalue weighted by atomic mass is 15.0. The molecule has 0 unspecified atom stereocenters. The Morgan fingerprint density at radius 3 is 1.85 bits per heavy atom. The van der Waals surface area contributed by atoms with E-state index >= 15 is 0 Å².